The van der Waals surface area contributed by atoms with Crippen LogP contribution in [0.4, 0.5) is 4.39 Å². The molecular weight excluding hydrogens is 279 g/mol. The Kier molecular flexibility index (Phi) is 13.7. The van der Waals surface area contributed by atoms with E-state index < -0.39 is 6.17 Å². The van der Waals surface area contributed by atoms with E-state index in [0.29, 0.717) is 38.9 Å². The van der Waals surface area contributed by atoms with Gasteiger partial charge < -0.3 is 24.8 Å². The van der Waals surface area contributed by atoms with Gasteiger partial charge in [0, 0.05) is 12.6 Å². The Morgan fingerprint density at radius 1 is 1.10 bits per heavy atom. The molecule has 0 aromatic carbocycles. The Hall–Kier alpha value is -0.760. The molecule has 0 saturated carbocycles. The second-order valence-electron chi connectivity index (χ2n) is 5.06. The third-order valence-corrected chi connectivity index (χ3v) is 2.50. The third kappa shape index (κ3) is 15.4. The first kappa shape index (κ1) is 20.2. The van der Waals surface area contributed by atoms with Gasteiger partial charge in [-0.25, -0.2) is 4.39 Å². The fourth-order valence-electron chi connectivity index (χ4n) is 1.47. The summed E-state index contributed by atoms with van der Waals surface area (Å²) in [6, 6.07) is 0.461. The summed E-state index contributed by atoms with van der Waals surface area (Å²) >= 11 is 0. The molecule has 0 aromatic heterocycles. The molecule has 2 unspecified atom stereocenters. The van der Waals surface area contributed by atoms with Crippen LogP contribution in [0.15, 0.2) is 0 Å². The van der Waals surface area contributed by atoms with Crippen LogP contribution in [0.25, 0.3) is 0 Å². The maximum atomic E-state index is 13.1. The first-order chi connectivity index (χ1) is 10.1. The fraction of sp³-hybridized carbons (Fsp3) is 0.929. The summed E-state index contributed by atoms with van der Waals surface area (Å²) in [5.41, 5.74) is 0. The molecule has 0 rings (SSSR count). The molecule has 6 nitrogen and oxygen atoms in total. The molecule has 126 valence electrons. The zero-order valence-electron chi connectivity index (χ0n) is 13.3. The van der Waals surface area contributed by atoms with Crippen molar-refractivity contribution in [3.8, 4) is 0 Å². The van der Waals surface area contributed by atoms with Crippen LogP contribution in [-0.4, -0.2) is 70.9 Å². The lowest BCUT2D eigenvalue weighted by atomic mass is 10.4. The van der Waals surface area contributed by atoms with Gasteiger partial charge in [-0.05, 0) is 6.92 Å². The van der Waals surface area contributed by atoms with E-state index in [1.54, 1.807) is 0 Å². The van der Waals surface area contributed by atoms with Crippen molar-refractivity contribution in [3.63, 3.8) is 0 Å². The van der Waals surface area contributed by atoms with Crippen LogP contribution in [0.1, 0.15) is 20.8 Å². The number of alkyl halides is 1. The summed E-state index contributed by atoms with van der Waals surface area (Å²) in [5, 5.41) is 5.51. The third-order valence-electron chi connectivity index (χ3n) is 2.50. The van der Waals surface area contributed by atoms with E-state index in [-0.39, 0.29) is 19.3 Å². The lowest BCUT2D eigenvalue weighted by molar-refractivity contribution is -0.109. The lowest BCUT2D eigenvalue weighted by Gasteiger charge is -2.15. The van der Waals surface area contributed by atoms with Gasteiger partial charge in [0.2, 0.25) is 6.41 Å². The molecule has 0 aliphatic carbocycles. The van der Waals surface area contributed by atoms with Gasteiger partial charge in [0.1, 0.15) is 6.17 Å². The molecule has 21 heavy (non-hydrogen) atoms. The predicted molar refractivity (Wildman–Crippen MR) is 79.2 cm³/mol. The standard InChI is InChI=1S/C14H29FN2O4/c1-12(2)17-4-5-19-6-7-21-13(3)9-20-10-14(15)8-16-11-18/h11-14,17H,4-10H2,1-3H3,(H,16,18). The highest BCUT2D eigenvalue weighted by Gasteiger charge is 2.08. The van der Waals surface area contributed by atoms with Crippen molar-refractivity contribution in [2.45, 2.75) is 39.1 Å². The Balaban J connectivity index is 3.30. The molecule has 0 saturated heterocycles. The SMILES string of the molecule is CC(C)NCCOCCOC(C)COCC(F)CNC=O. The quantitative estimate of drug-likeness (QED) is 0.341. The molecule has 0 aliphatic rings. The summed E-state index contributed by atoms with van der Waals surface area (Å²) in [7, 11) is 0. The van der Waals surface area contributed by atoms with Gasteiger partial charge in [-0.15, -0.1) is 0 Å². The molecule has 2 atom stereocenters. The van der Waals surface area contributed by atoms with Gasteiger partial charge in [-0.3, -0.25) is 4.79 Å². The van der Waals surface area contributed by atoms with Crippen molar-refractivity contribution in [2.24, 2.45) is 0 Å². The molecule has 0 spiro atoms. The zero-order valence-corrected chi connectivity index (χ0v) is 13.3. The highest BCUT2D eigenvalue weighted by molar-refractivity contribution is 5.45. The van der Waals surface area contributed by atoms with Crippen molar-refractivity contribution < 1.29 is 23.4 Å². The van der Waals surface area contributed by atoms with Crippen LogP contribution in [0.2, 0.25) is 0 Å². The first-order valence-corrected chi connectivity index (χ1v) is 7.37. The number of amides is 1. The summed E-state index contributed by atoms with van der Waals surface area (Å²) in [5.74, 6) is 0. The molecule has 7 heteroatoms. The second-order valence-corrected chi connectivity index (χ2v) is 5.06. The van der Waals surface area contributed by atoms with Gasteiger partial charge in [0.15, 0.2) is 0 Å². The minimum atomic E-state index is -1.20. The Morgan fingerprint density at radius 2 is 1.86 bits per heavy atom. The van der Waals surface area contributed by atoms with E-state index >= 15 is 0 Å². The fourth-order valence-corrected chi connectivity index (χ4v) is 1.47. The summed E-state index contributed by atoms with van der Waals surface area (Å²) in [6.07, 6.45) is -0.845. The number of hydrogen-bond donors (Lipinski definition) is 2. The molecule has 0 heterocycles. The van der Waals surface area contributed by atoms with Crippen LogP contribution in [-0.2, 0) is 19.0 Å². The molecule has 0 radical (unpaired) electrons. The first-order valence-electron chi connectivity index (χ1n) is 7.37. The molecule has 1 amide bonds. The summed E-state index contributed by atoms with van der Waals surface area (Å²) < 4.78 is 29.1. The van der Waals surface area contributed by atoms with E-state index in [0.717, 1.165) is 6.54 Å². The van der Waals surface area contributed by atoms with Crippen LogP contribution in [0.3, 0.4) is 0 Å². The minimum Gasteiger partial charge on any atom is -0.378 e. The number of halogens is 1. The Morgan fingerprint density at radius 3 is 2.52 bits per heavy atom. The molecular formula is C14H29FN2O4. The molecule has 0 fully saturated rings. The number of nitrogens with one attached hydrogen (secondary N) is 2. The highest BCUT2D eigenvalue weighted by Crippen LogP contribution is 1.96. The number of hydrogen-bond acceptors (Lipinski definition) is 5. The monoisotopic (exact) mass is 308 g/mol. The van der Waals surface area contributed by atoms with Gasteiger partial charge in [-0.1, -0.05) is 13.8 Å². The molecule has 0 aliphatic heterocycles. The van der Waals surface area contributed by atoms with E-state index in [1.165, 1.54) is 0 Å². The smallest absolute Gasteiger partial charge is 0.207 e. The maximum Gasteiger partial charge on any atom is 0.207 e. The number of carbonyl (C=O) groups excluding carboxylic acids is 1. The number of rotatable bonds is 15. The Labute approximate surface area is 126 Å². The van der Waals surface area contributed by atoms with Crippen molar-refractivity contribution >= 4 is 6.41 Å². The highest BCUT2D eigenvalue weighted by atomic mass is 19.1. The molecule has 2 N–H and O–H groups in total. The molecule has 0 aromatic rings. The van der Waals surface area contributed by atoms with Crippen LogP contribution < -0.4 is 10.6 Å². The maximum absolute atomic E-state index is 13.1. The minimum absolute atomic E-state index is 0.0308. The predicted octanol–water partition coefficient (Wildman–Crippen LogP) is 0.507. The second kappa shape index (κ2) is 14.2. The average molecular weight is 308 g/mol. The van der Waals surface area contributed by atoms with E-state index in [9.17, 15) is 9.18 Å². The van der Waals surface area contributed by atoms with Crippen LogP contribution in [0.5, 0.6) is 0 Å². The van der Waals surface area contributed by atoms with E-state index in [1.807, 2.05) is 6.92 Å². The summed E-state index contributed by atoms with van der Waals surface area (Å²) in [6.45, 7) is 8.75. The normalized spacial score (nSPS) is 14.1. The van der Waals surface area contributed by atoms with E-state index in [2.05, 4.69) is 24.5 Å². The number of ether oxygens (including phenoxy) is 3. The lowest BCUT2D eigenvalue weighted by Crippen LogP contribution is -2.28. The van der Waals surface area contributed by atoms with Gasteiger partial charge in [0.25, 0.3) is 0 Å². The number of carbonyl (C=O) groups is 1. The zero-order chi connectivity index (χ0) is 15.9. The van der Waals surface area contributed by atoms with Gasteiger partial charge in [-0.2, -0.15) is 0 Å². The van der Waals surface area contributed by atoms with Crippen molar-refractivity contribution in [3.05, 3.63) is 0 Å². The van der Waals surface area contributed by atoms with Crippen molar-refractivity contribution in [1.82, 2.24) is 10.6 Å². The van der Waals surface area contributed by atoms with E-state index in [4.69, 9.17) is 14.2 Å². The van der Waals surface area contributed by atoms with Crippen molar-refractivity contribution in [1.29, 1.82) is 0 Å². The van der Waals surface area contributed by atoms with Crippen LogP contribution in [0, 0.1) is 0 Å². The largest absolute Gasteiger partial charge is 0.378 e. The Bertz CT molecular complexity index is 245. The van der Waals surface area contributed by atoms with Gasteiger partial charge in [0.05, 0.1) is 45.7 Å². The van der Waals surface area contributed by atoms with Gasteiger partial charge >= 0.3 is 0 Å². The topological polar surface area (TPSA) is 68.8 Å². The molecule has 0 bridgehead atoms. The summed E-state index contributed by atoms with van der Waals surface area (Å²) in [4.78, 5) is 9.98. The average Bonchev–Trinajstić information content (AvgIpc) is 2.43. The van der Waals surface area contributed by atoms with Crippen LogP contribution >= 0.6 is 0 Å². The van der Waals surface area contributed by atoms with Crippen molar-refractivity contribution in [2.75, 3.05) is 46.1 Å².